The van der Waals surface area contributed by atoms with Crippen LogP contribution >= 0.6 is 0 Å². The highest BCUT2D eigenvalue weighted by Gasteiger charge is 2.28. The Labute approximate surface area is 167 Å². The number of aromatic nitrogens is 2. The third-order valence-electron chi connectivity index (χ3n) is 4.83. The molecule has 1 aromatic carbocycles. The third kappa shape index (κ3) is 3.29. The van der Waals surface area contributed by atoms with Crippen LogP contribution in [0.1, 0.15) is 29.9 Å². The molecule has 0 atom stereocenters. The molecule has 7 nitrogen and oxygen atoms in total. The van der Waals surface area contributed by atoms with Crippen molar-refractivity contribution in [2.24, 2.45) is 0 Å². The first-order valence-electron chi connectivity index (χ1n) is 9.26. The first kappa shape index (κ1) is 19.2. The lowest BCUT2D eigenvalue weighted by Crippen LogP contribution is -2.24. The Kier molecular flexibility index (Phi) is 4.66. The van der Waals surface area contributed by atoms with Gasteiger partial charge in [-0.15, -0.1) is 0 Å². The van der Waals surface area contributed by atoms with E-state index >= 15 is 0 Å². The molecule has 0 saturated heterocycles. The summed E-state index contributed by atoms with van der Waals surface area (Å²) in [6.45, 7) is 4.04. The van der Waals surface area contributed by atoms with Crippen LogP contribution in [0.25, 0.3) is 11.4 Å². The minimum absolute atomic E-state index is 0.0725. The number of carbonyl (C=O) groups excluding carboxylic acids is 1. The van der Waals surface area contributed by atoms with Crippen molar-refractivity contribution in [3.8, 4) is 11.4 Å². The number of nitrogens with one attached hydrogen (secondary N) is 1. The molecule has 1 aliphatic rings. The van der Waals surface area contributed by atoms with Crippen LogP contribution in [0.4, 0.5) is 0 Å². The summed E-state index contributed by atoms with van der Waals surface area (Å²) in [5.41, 5.74) is 1.61. The second-order valence-corrected chi connectivity index (χ2v) is 9.06. The van der Waals surface area contributed by atoms with Gasteiger partial charge in [0.1, 0.15) is 10.6 Å². The van der Waals surface area contributed by atoms with Crippen molar-refractivity contribution < 1.29 is 17.9 Å². The van der Waals surface area contributed by atoms with E-state index in [9.17, 15) is 18.0 Å². The van der Waals surface area contributed by atoms with E-state index in [1.807, 2.05) is 0 Å². The molecule has 2 aromatic heterocycles. The van der Waals surface area contributed by atoms with Gasteiger partial charge in [0.15, 0.2) is 0 Å². The predicted octanol–water partition coefficient (Wildman–Crippen LogP) is 2.80. The maximum atomic E-state index is 12.9. The van der Waals surface area contributed by atoms with E-state index in [0.717, 1.165) is 0 Å². The predicted molar refractivity (Wildman–Crippen MR) is 107 cm³/mol. The average molecular weight is 412 g/mol. The Morgan fingerprint density at radius 1 is 1.14 bits per heavy atom. The van der Waals surface area contributed by atoms with E-state index in [2.05, 4.69) is 4.98 Å². The molecule has 0 bridgehead atoms. The van der Waals surface area contributed by atoms with Gasteiger partial charge in [0, 0.05) is 6.54 Å². The number of fused-ring (bicyclic) bond motifs is 3. The van der Waals surface area contributed by atoms with Gasteiger partial charge >= 0.3 is 5.97 Å². The van der Waals surface area contributed by atoms with Gasteiger partial charge in [0.25, 0.3) is 5.56 Å². The number of aromatic amines is 1. The van der Waals surface area contributed by atoms with Crippen molar-refractivity contribution >= 4 is 15.8 Å². The molecular formula is C21H20N2O5S. The summed E-state index contributed by atoms with van der Waals surface area (Å²) in [4.78, 5) is 27.5. The van der Waals surface area contributed by atoms with Crippen LogP contribution in [0.15, 0.2) is 63.1 Å². The molecule has 3 heterocycles. The standard InChI is InChI=1S/C21H20N2O5S/c1-13(2)28-21(25)17-9-8-16-19-14(10-11-23(16)17)12-18(20(24)22-19)29(26,27)15-6-4-3-5-7-15/h3-9,12-13H,10-11H2,1-2H3,(H,22,24). The summed E-state index contributed by atoms with van der Waals surface area (Å²) >= 11 is 0. The monoisotopic (exact) mass is 412 g/mol. The van der Waals surface area contributed by atoms with Crippen LogP contribution < -0.4 is 5.56 Å². The lowest BCUT2D eigenvalue weighted by Gasteiger charge is -2.21. The molecule has 150 valence electrons. The molecule has 0 saturated carbocycles. The van der Waals surface area contributed by atoms with Gasteiger partial charge in [-0.1, -0.05) is 18.2 Å². The fraction of sp³-hybridized carbons (Fsp3) is 0.238. The fourth-order valence-electron chi connectivity index (χ4n) is 3.52. The molecule has 0 amide bonds. The van der Waals surface area contributed by atoms with E-state index in [-0.39, 0.29) is 15.9 Å². The second-order valence-electron chi connectivity index (χ2n) is 7.14. The van der Waals surface area contributed by atoms with Gasteiger partial charge in [-0.3, -0.25) is 4.79 Å². The van der Waals surface area contributed by atoms with Gasteiger partial charge < -0.3 is 14.3 Å². The van der Waals surface area contributed by atoms with E-state index in [0.29, 0.717) is 35.6 Å². The van der Waals surface area contributed by atoms with E-state index in [1.54, 1.807) is 48.7 Å². The van der Waals surface area contributed by atoms with Crippen LogP contribution in [-0.2, 0) is 27.5 Å². The summed E-state index contributed by atoms with van der Waals surface area (Å²) in [6, 6.07) is 12.7. The number of hydrogen-bond acceptors (Lipinski definition) is 5. The van der Waals surface area contributed by atoms with Crippen molar-refractivity contribution in [1.82, 2.24) is 9.55 Å². The summed E-state index contributed by atoms with van der Waals surface area (Å²) in [7, 11) is -3.93. The van der Waals surface area contributed by atoms with Gasteiger partial charge in [0.2, 0.25) is 9.84 Å². The number of aryl methyl sites for hydroxylation is 1. The Morgan fingerprint density at radius 3 is 2.55 bits per heavy atom. The minimum Gasteiger partial charge on any atom is -0.458 e. The number of H-pyrrole nitrogens is 1. The van der Waals surface area contributed by atoms with Crippen LogP contribution in [0.3, 0.4) is 0 Å². The van der Waals surface area contributed by atoms with Crippen molar-refractivity contribution in [1.29, 1.82) is 0 Å². The molecule has 0 spiro atoms. The molecular weight excluding hydrogens is 392 g/mol. The number of rotatable bonds is 4. The molecule has 29 heavy (non-hydrogen) atoms. The van der Waals surface area contributed by atoms with Crippen LogP contribution in [0.5, 0.6) is 0 Å². The van der Waals surface area contributed by atoms with Gasteiger partial charge in [-0.05, 0) is 56.2 Å². The minimum atomic E-state index is -3.93. The van der Waals surface area contributed by atoms with Crippen molar-refractivity contribution in [2.75, 3.05) is 0 Å². The number of carbonyl (C=O) groups is 1. The first-order chi connectivity index (χ1) is 13.8. The quantitative estimate of drug-likeness (QED) is 0.665. The van der Waals surface area contributed by atoms with Gasteiger partial charge in [-0.2, -0.15) is 0 Å². The Hall–Kier alpha value is -3.13. The van der Waals surface area contributed by atoms with Crippen molar-refractivity contribution in [2.45, 2.75) is 42.7 Å². The zero-order chi connectivity index (χ0) is 20.8. The highest BCUT2D eigenvalue weighted by molar-refractivity contribution is 7.91. The second kappa shape index (κ2) is 7.04. The van der Waals surface area contributed by atoms with Crippen molar-refractivity contribution in [3.63, 3.8) is 0 Å². The summed E-state index contributed by atoms with van der Waals surface area (Å²) in [5, 5.41) is 0. The molecule has 0 unspecified atom stereocenters. The van der Waals surface area contributed by atoms with E-state index in [1.165, 1.54) is 18.2 Å². The number of nitrogens with zero attached hydrogens (tertiary/aromatic N) is 1. The lowest BCUT2D eigenvalue weighted by molar-refractivity contribution is 0.0365. The number of esters is 1. The molecule has 1 aliphatic heterocycles. The zero-order valence-electron chi connectivity index (χ0n) is 16.0. The molecule has 0 fully saturated rings. The summed E-state index contributed by atoms with van der Waals surface area (Å²) < 4.78 is 32.9. The summed E-state index contributed by atoms with van der Waals surface area (Å²) in [6.07, 6.45) is 0.239. The lowest BCUT2D eigenvalue weighted by atomic mass is 10.0. The number of benzene rings is 1. The average Bonchev–Trinajstić information content (AvgIpc) is 3.12. The van der Waals surface area contributed by atoms with E-state index in [4.69, 9.17) is 4.74 Å². The molecule has 0 aliphatic carbocycles. The molecule has 0 radical (unpaired) electrons. The smallest absolute Gasteiger partial charge is 0.355 e. The zero-order valence-corrected chi connectivity index (χ0v) is 16.8. The largest absolute Gasteiger partial charge is 0.458 e. The van der Waals surface area contributed by atoms with Crippen molar-refractivity contribution in [3.05, 3.63) is 70.1 Å². The number of sulfone groups is 1. The molecule has 4 rings (SSSR count). The van der Waals surface area contributed by atoms with E-state index < -0.39 is 21.4 Å². The molecule has 3 aromatic rings. The van der Waals surface area contributed by atoms with Crippen LogP contribution in [0, 0.1) is 0 Å². The maximum absolute atomic E-state index is 12.9. The Bertz CT molecular complexity index is 1250. The first-order valence-corrected chi connectivity index (χ1v) is 10.7. The Balaban J connectivity index is 1.79. The third-order valence-corrected chi connectivity index (χ3v) is 6.60. The number of pyridine rings is 1. The van der Waals surface area contributed by atoms with Crippen LogP contribution in [0.2, 0.25) is 0 Å². The number of hydrogen-bond donors (Lipinski definition) is 1. The molecule has 8 heteroatoms. The highest BCUT2D eigenvalue weighted by Crippen LogP contribution is 2.31. The normalized spacial score (nSPS) is 13.1. The SMILES string of the molecule is CC(C)OC(=O)c1ccc2n1CCc1cc(S(=O)(=O)c3ccccc3)c(=O)[nH]c1-2. The Morgan fingerprint density at radius 2 is 1.86 bits per heavy atom. The van der Waals surface area contributed by atoms with Crippen LogP contribution in [-0.4, -0.2) is 30.0 Å². The molecule has 1 N–H and O–H groups in total. The topological polar surface area (TPSA) is 98.2 Å². The van der Waals surface area contributed by atoms with Gasteiger partial charge in [0.05, 0.1) is 22.4 Å². The van der Waals surface area contributed by atoms with Gasteiger partial charge in [-0.25, -0.2) is 13.2 Å². The fourth-order valence-corrected chi connectivity index (χ4v) is 4.88. The highest BCUT2D eigenvalue weighted by atomic mass is 32.2. The maximum Gasteiger partial charge on any atom is 0.355 e. The number of ether oxygens (including phenoxy) is 1. The summed E-state index contributed by atoms with van der Waals surface area (Å²) in [5.74, 6) is -0.430.